The van der Waals surface area contributed by atoms with E-state index >= 15 is 0 Å². The maximum Gasteiger partial charge on any atom is 0.273 e. The van der Waals surface area contributed by atoms with E-state index in [1.807, 2.05) is 0 Å². The lowest BCUT2D eigenvalue weighted by atomic mass is 10.0. The first-order valence-electron chi connectivity index (χ1n) is 9.97. The third kappa shape index (κ3) is 4.30. The summed E-state index contributed by atoms with van der Waals surface area (Å²) in [6.07, 6.45) is 1.11. The van der Waals surface area contributed by atoms with E-state index in [2.05, 4.69) is 15.6 Å². The molecule has 0 unspecified atom stereocenters. The topological polar surface area (TPSA) is 80.1 Å². The summed E-state index contributed by atoms with van der Waals surface area (Å²) >= 11 is 0. The van der Waals surface area contributed by atoms with Crippen LogP contribution < -0.4 is 5.32 Å². The van der Waals surface area contributed by atoms with E-state index in [1.165, 1.54) is 28.9 Å². The molecule has 9 heteroatoms. The molecule has 31 heavy (non-hydrogen) atoms. The standard InChI is InChI=1S/C22H21F2N5O2/c1-14-20(26-27-29(14)17-8-6-15(23)7-9-17)21(30)25-16-10-12-28(13-11-16)22(31)18-4-2-3-5-19(18)24/h2-9,16H,10-13H2,1H3,(H,25,30). The first-order valence-corrected chi connectivity index (χ1v) is 9.97. The van der Waals surface area contributed by atoms with E-state index in [0.717, 1.165) is 0 Å². The van der Waals surface area contributed by atoms with Crippen molar-refractivity contribution in [2.75, 3.05) is 13.1 Å². The number of likely N-dealkylation sites (tertiary alicyclic amines) is 1. The largest absolute Gasteiger partial charge is 0.348 e. The van der Waals surface area contributed by atoms with Crippen LogP contribution in [-0.2, 0) is 0 Å². The summed E-state index contributed by atoms with van der Waals surface area (Å²) in [6, 6.07) is 11.5. The molecular formula is C22H21F2N5O2. The normalized spacial score (nSPS) is 14.5. The lowest BCUT2D eigenvalue weighted by Crippen LogP contribution is -2.46. The molecule has 2 amide bonds. The van der Waals surface area contributed by atoms with Crippen LogP contribution in [0, 0.1) is 18.6 Å². The zero-order chi connectivity index (χ0) is 22.0. The molecule has 4 rings (SSSR count). The molecular weight excluding hydrogens is 404 g/mol. The highest BCUT2D eigenvalue weighted by Gasteiger charge is 2.27. The molecule has 2 aromatic carbocycles. The minimum Gasteiger partial charge on any atom is -0.348 e. The Hall–Kier alpha value is -3.62. The van der Waals surface area contributed by atoms with E-state index < -0.39 is 5.82 Å². The predicted molar refractivity (Wildman–Crippen MR) is 109 cm³/mol. The van der Waals surface area contributed by atoms with E-state index in [-0.39, 0.29) is 34.9 Å². The van der Waals surface area contributed by atoms with Gasteiger partial charge in [-0.15, -0.1) is 5.10 Å². The minimum atomic E-state index is -0.539. The molecule has 1 saturated heterocycles. The van der Waals surface area contributed by atoms with Crippen molar-refractivity contribution in [1.82, 2.24) is 25.2 Å². The van der Waals surface area contributed by atoms with Gasteiger partial charge in [0, 0.05) is 19.1 Å². The summed E-state index contributed by atoms with van der Waals surface area (Å²) in [5.41, 5.74) is 1.38. The van der Waals surface area contributed by atoms with Crippen LogP contribution in [0.1, 0.15) is 39.4 Å². The molecule has 0 radical (unpaired) electrons. The number of piperidine rings is 1. The highest BCUT2D eigenvalue weighted by Crippen LogP contribution is 2.17. The first-order chi connectivity index (χ1) is 14.9. The van der Waals surface area contributed by atoms with E-state index in [4.69, 9.17) is 0 Å². The summed E-state index contributed by atoms with van der Waals surface area (Å²) in [5, 5.41) is 10.9. The molecule has 1 aliphatic heterocycles. The molecule has 1 aromatic heterocycles. The Kier molecular flexibility index (Phi) is 5.75. The molecule has 0 atom stereocenters. The lowest BCUT2D eigenvalue weighted by molar-refractivity contribution is 0.0693. The van der Waals surface area contributed by atoms with Gasteiger partial charge in [0.1, 0.15) is 11.6 Å². The molecule has 0 spiro atoms. The third-order valence-electron chi connectivity index (χ3n) is 5.40. The summed E-state index contributed by atoms with van der Waals surface area (Å²) in [5.74, 6) is -1.60. The van der Waals surface area contributed by atoms with Gasteiger partial charge in [-0.1, -0.05) is 17.3 Å². The van der Waals surface area contributed by atoms with Crippen LogP contribution in [0.15, 0.2) is 48.5 Å². The van der Waals surface area contributed by atoms with Crippen molar-refractivity contribution in [3.8, 4) is 5.69 Å². The Morgan fingerprint density at radius 3 is 2.39 bits per heavy atom. The van der Waals surface area contributed by atoms with Crippen molar-refractivity contribution in [3.63, 3.8) is 0 Å². The van der Waals surface area contributed by atoms with Crippen LogP contribution >= 0.6 is 0 Å². The van der Waals surface area contributed by atoms with Crippen LogP contribution in [0.2, 0.25) is 0 Å². The summed E-state index contributed by atoms with van der Waals surface area (Å²) < 4.78 is 28.5. The van der Waals surface area contributed by atoms with Crippen LogP contribution in [0.4, 0.5) is 8.78 Å². The predicted octanol–water partition coefficient (Wildman–Crippen LogP) is 2.89. The maximum absolute atomic E-state index is 13.9. The number of rotatable bonds is 4. The molecule has 1 N–H and O–H groups in total. The average molecular weight is 425 g/mol. The number of nitrogens with zero attached hydrogens (tertiary/aromatic N) is 4. The van der Waals surface area contributed by atoms with Gasteiger partial charge in [-0.25, -0.2) is 13.5 Å². The SMILES string of the molecule is Cc1c(C(=O)NC2CCN(C(=O)c3ccccc3F)CC2)nnn1-c1ccc(F)cc1. The molecule has 1 aliphatic rings. The van der Waals surface area contributed by atoms with Gasteiger partial charge in [0.05, 0.1) is 16.9 Å². The van der Waals surface area contributed by atoms with E-state index in [0.29, 0.717) is 37.3 Å². The second-order valence-corrected chi connectivity index (χ2v) is 7.43. The first kappa shape index (κ1) is 20.6. The Morgan fingerprint density at radius 2 is 1.71 bits per heavy atom. The average Bonchev–Trinajstić information content (AvgIpc) is 3.16. The van der Waals surface area contributed by atoms with Gasteiger partial charge in [-0.2, -0.15) is 0 Å². The number of amides is 2. The molecule has 2 heterocycles. The fourth-order valence-corrected chi connectivity index (χ4v) is 3.65. The molecule has 3 aromatic rings. The fourth-order valence-electron chi connectivity index (χ4n) is 3.65. The van der Waals surface area contributed by atoms with Gasteiger partial charge in [0.2, 0.25) is 0 Å². The van der Waals surface area contributed by atoms with Crippen molar-refractivity contribution in [2.45, 2.75) is 25.8 Å². The number of halogens is 2. The Balaban J connectivity index is 1.37. The zero-order valence-electron chi connectivity index (χ0n) is 16.9. The summed E-state index contributed by atoms with van der Waals surface area (Å²) in [7, 11) is 0. The van der Waals surface area contributed by atoms with Crippen molar-refractivity contribution in [2.24, 2.45) is 0 Å². The smallest absolute Gasteiger partial charge is 0.273 e. The van der Waals surface area contributed by atoms with Crippen LogP contribution in [0.3, 0.4) is 0 Å². The second-order valence-electron chi connectivity index (χ2n) is 7.43. The highest BCUT2D eigenvalue weighted by molar-refractivity contribution is 5.95. The van der Waals surface area contributed by atoms with Crippen molar-refractivity contribution in [1.29, 1.82) is 0 Å². The number of carbonyl (C=O) groups is 2. The summed E-state index contributed by atoms with van der Waals surface area (Å²) in [4.78, 5) is 26.8. The Labute approximate surface area is 177 Å². The number of benzene rings is 2. The lowest BCUT2D eigenvalue weighted by Gasteiger charge is -2.32. The van der Waals surface area contributed by atoms with Gasteiger partial charge >= 0.3 is 0 Å². The minimum absolute atomic E-state index is 0.0537. The fraction of sp³-hybridized carbons (Fsp3) is 0.273. The van der Waals surface area contributed by atoms with Crippen molar-refractivity contribution >= 4 is 11.8 Å². The molecule has 0 bridgehead atoms. The van der Waals surface area contributed by atoms with Gasteiger partial charge in [0.25, 0.3) is 11.8 Å². The quantitative estimate of drug-likeness (QED) is 0.697. The molecule has 7 nitrogen and oxygen atoms in total. The van der Waals surface area contributed by atoms with Gasteiger partial charge in [-0.05, 0) is 56.2 Å². The molecule has 160 valence electrons. The zero-order valence-corrected chi connectivity index (χ0v) is 16.9. The second kappa shape index (κ2) is 8.63. The Bertz CT molecular complexity index is 1110. The van der Waals surface area contributed by atoms with Gasteiger partial charge < -0.3 is 10.2 Å². The monoisotopic (exact) mass is 425 g/mol. The Morgan fingerprint density at radius 1 is 1.03 bits per heavy atom. The van der Waals surface area contributed by atoms with Crippen LogP contribution in [-0.4, -0.2) is 50.8 Å². The van der Waals surface area contributed by atoms with Crippen LogP contribution in [0.5, 0.6) is 0 Å². The van der Waals surface area contributed by atoms with E-state index in [9.17, 15) is 18.4 Å². The maximum atomic E-state index is 13.9. The van der Waals surface area contributed by atoms with Crippen molar-refractivity contribution in [3.05, 3.63) is 77.1 Å². The molecule has 0 aliphatic carbocycles. The molecule has 1 fully saturated rings. The highest BCUT2D eigenvalue weighted by atomic mass is 19.1. The number of aromatic nitrogens is 3. The number of nitrogens with one attached hydrogen (secondary N) is 1. The molecule has 0 saturated carbocycles. The third-order valence-corrected chi connectivity index (χ3v) is 5.40. The van der Waals surface area contributed by atoms with Gasteiger partial charge in [-0.3, -0.25) is 9.59 Å². The summed E-state index contributed by atoms with van der Waals surface area (Å²) in [6.45, 7) is 2.55. The number of hydrogen-bond donors (Lipinski definition) is 1. The van der Waals surface area contributed by atoms with Gasteiger partial charge in [0.15, 0.2) is 5.69 Å². The number of hydrogen-bond acceptors (Lipinski definition) is 4. The van der Waals surface area contributed by atoms with Crippen LogP contribution in [0.25, 0.3) is 5.69 Å². The number of carbonyl (C=O) groups excluding carboxylic acids is 2. The van der Waals surface area contributed by atoms with E-state index in [1.54, 1.807) is 36.1 Å². The van der Waals surface area contributed by atoms with Crippen molar-refractivity contribution < 1.29 is 18.4 Å².